The van der Waals surface area contributed by atoms with E-state index in [0.717, 1.165) is 11.3 Å². The summed E-state index contributed by atoms with van der Waals surface area (Å²) in [4.78, 5) is 15.5. The first kappa shape index (κ1) is 20.0. The third-order valence-corrected chi connectivity index (χ3v) is 5.94. The Morgan fingerprint density at radius 3 is 2.32 bits per heavy atom. The van der Waals surface area contributed by atoms with Gasteiger partial charge in [0.15, 0.2) is 0 Å². The van der Waals surface area contributed by atoms with E-state index in [4.69, 9.17) is 14.6 Å². The Labute approximate surface area is 182 Å². The lowest BCUT2D eigenvalue weighted by atomic mass is 9.99. The molecule has 6 heteroatoms. The third-order valence-electron chi connectivity index (χ3n) is 5.94. The number of carbonyl (C=O) groups excluding carboxylic acids is 1. The topological polar surface area (TPSA) is 56.6 Å². The fourth-order valence-corrected chi connectivity index (χ4v) is 4.26. The van der Waals surface area contributed by atoms with E-state index in [0.29, 0.717) is 43.5 Å². The third kappa shape index (κ3) is 4.01. The van der Waals surface area contributed by atoms with Gasteiger partial charge in [0, 0.05) is 24.8 Å². The van der Waals surface area contributed by atoms with Crippen LogP contribution in [0.1, 0.15) is 35.7 Å². The van der Waals surface area contributed by atoms with E-state index in [9.17, 15) is 4.79 Å². The minimum absolute atomic E-state index is 0.00897. The molecule has 31 heavy (non-hydrogen) atoms. The normalized spacial score (nSPS) is 20.8. The number of rotatable bonds is 4. The molecular formula is C25H27N3O3. The van der Waals surface area contributed by atoms with Crippen molar-refractivity contribution in [1.82, 2.24) is 14.7 Å². The van der Waals surface area contributed by atoms with Gasteiger partial charge >= 0.3 is 0 Å². The summed E-state index contributed by atoms with van der Waals surface area (Å²) in [6, 6.07) is 18.2. The number of ether oxygens (including phenoxy) is 2. The Bertz CT molecular complexity index is 1050. The highest BCUT2D eigenvalue weighted by Gasteiger charge is 2.35. The number of amides is 1. The molecule has 2 aliphatic rings. The average Bonchev–Trinajstić information content (AvgIpc) is 3.24. The van der Waals surface area contributed by atoms with E-state index >= 15 is 0 Å². The van der Waals surface area contributed by atoms with Gasteiger partial charge in [0.2, 0.25) is 0 Å². The largest absolute Gasteiger partial charge is 0.376 e. The van der Waals surface area contributed by atoms with Crippen LogP contribution in [0.25, 0.3) is 16.9 Å². The van der Waals surface area contributed by atoms with Crippen LogP contribution in [-0.2, 0) is 9.47 Å². The zero-order chi connectivity index (χ0) is 21.4. The molecule has 6 nitrogen and oxygen atoms in total. The number of fused-ring (bicyclic) bond motifs is 2. The number of aromatic nitrogens is 2. The molecule has 2 atom stereocenters. The highest BCUT2D eigenvalue weighted by Crippen LogP contribution is 2.28. The van der Waals surface area contributed by atoms with E-state index < -0.39 is 0 Å². The van der Waals surface area contributed by atoms with Crippen molar-refractivity contribution in [3.05, 3.63) is 71.9 Å². The van der Waals surface area contributed by atoms with Crippen LogP contribution in [0.15, 0.2) is 60.8 Å². The molecule has 0 radical (unpaired) electrons. The van der Waals surface area contributed by atoms with Gasteiger partial charge in [-0.25, -0.2) is 4.68 Å². The van der Waals surface area contributed by atoms with E-state index in [1.807, 2.05) is 41.4 Å². The summed E-state index contributed by atoms with van der Waals surface area (Å²) in [6.07, 6.45) is 1.73. The van der Waals surface area contributed by atoms with E-state index in [-0.39, 0.29) is 18.1 Å². The highest BCUT2D eigenvalue weighted by atomic mass is 16.6. The van der Waals surface area contributed by atoms with Gasteiger partial charge in [-0.3, -0.25) is 4.79 Å². The average molecular weight is 418 g/mol. The van der Waals surface area contributed by atoms with Crippen molar-refractivity contribution in [3.8, 4) is 16.9 Å². The summed E-state index contributed by atoms with van der Waals surface area (Å²) in [6.45, 7) is 6.50. The van der Waals surface area contributed by atoms with Gasteiger partial charge in [-0.05, 0) is 23.6 Å². The highest BCUT2D eigenvalue weighted by molar-refractivity contribution is 6.00. The van der Waals surface area contributed by atoms with Gasteiger partial charge < -0.3 is 14.4 Å². The minimum Gasteiger partial charge on any atom is -0.376 e. The smallest absolute Gasteiger partial charge is 0.257 e. The lowest BCUT2D eigenvalue weighted by molar-refractivity contribution is -0.171. The summed E-state index contributed by atoms with van der Waals surface area (Å²) < 4.78 is 13.3. The second-order valence-electron chi connectivity index (χ2n) is 8.58. The van der Waals surface area contributed by atoms with E-state index in [2.05, 4.69) is 38.1 Å². The first-order valence-electron chi connectivity index (χ1n) is 10.9. The quantitative estimate of drug-likeness (QED) is 0.646. The monoisotopic (exact) mass is 417 g/mol. The lowest BCUT2D eigenvalue weighted by Crippen LogP contribution is -2.55. The molecule has 5 rings (SSSR count). The SMILES string of the molecule is CC(C)c1ccc(-c2nn(-c3ccccc3)cc2C(=O)N2CC3COCC(C2)O3)cc1. The van der Waals surface area contributed by atoms with Crippen molar-refractivity contribution in [2.75, 3.05) is 26.3 Å². The van der Waals surface area contributed by atoms with Gasteiger partial charge in [0.25, 0.3) is 5.91 Å². The second-order valence-corrected chi connectivity index (χ2v) is 8.58. The summed E-state index contributed by atoms with van der Waals surface area (Å²) >= 11 is 0. The maximum absolute atomic E-state index is 13.6. The number of benzene rings is 2. The number of nitrogens with zero attached hydrogens (tertiary/aromatic N) is 3. The molecule has 2 unspecified atom stereocenters. The molecule has 0 aliphatic carbocycles. The second kappa shape index (κ2) is 8.29. The molecule has 0 spiro atoms. The summed E-state index contributed by atoms with van der Waals surface area (Å²) in [5, 5.41) is 4.83. The number of hydrogen-bond acceptors (Lipinski definition) is 4. The predicted octanol–water partition coefficient (Wildman–Crippen LogP) is 3.90. The maximum Gasteiger partial charge on any atom is 0.257 e. The Morgan fingerprint density at radius 2 is 1.68 bits per heavy atom. The van der Waals surface area contributed by atoms with Crippen LogP contribution in [0.2, 0.25) is 0 Å². The van der Waals surface area contributed by atoms with Crippen LogP contribution in [0, 0.1) is 0 Å². The molecule has 1 amide bonds. The van der Waals surface area contributed by atoms with Gasteiger partial charge in [-0.1, -0.05) is 56.3 Å². The van der Waals surface area contributed by atoms with Crippen molar-refractivity contribution in [1.29, 1.82) is 0 Å². The van der Waals surface area contributed by atoms with Gasteiger partial charge in [-0.15, -0.1) is 0 Å². The molecule has 2 aliphatic heterocycles. The van der Waals surface area contributed by atoms with Crippen LogP contribution in [-0.4, -0.2) is 59.1 Å². The Hall–Kier alpha value is -2.96. The van der Waals surface area contributed by atoms with Gasteiger partial charge in [0.1, 0.15) is 5.69 Å². The molecule has 2 aromatic carbocycles. The molecule has 1 aromatic heterocycles. The molecule has 2 bridgehead atoms. The zero-order valence-corrected chi connectivity index (χ0v) is 17.9. The van der Waals surface area contributed by atoms with Crippen LogP contribution in [0.5, 0.6) is 0 Å². The first-order valence-corrected chi connectivity index (χ1v) is 10.9. The maximum atomic E-state index is 13.6. The molecular weight excluding hydrogens is 390 g/mol. The van der Waals surface area contributed by atoms with Crippen LogP contribution in [0.3, 0.4) is 0 Å². The molecule has 0 N–H and O–H groups in total. The summed E-state index contributed by atoms with van der Waals surface area (Å²) in [7, 11) is 0. The Morgan fingerprint density at radius 1 is 1.00 bits per heavy atom. The fraction of sp³-hybridized carbons (Fsp3) is 0.360. The van der Waals surface area contributed by atoms with E-state index in [1.54, 1.807) is 4.68 Å². The molecule has 160 valence electrons. The standard InChI is InChI=1S/C25H27N3O3/c1-17(2)18-8-10-19(11-9-18)24-23(14-28(26-24)20-6-4-3-5-7-20)25(29)27-12-21-15-30-16-22(13-27)31-21/h3-11,14,17,21-22H,12-13,15-16H2,1-2H3. The van der Waals surface area contributed by atoms with E-state index in [1.165, 1.54) is 5.56 Å². The van der Waals surface area contributed by atoms with Crippen molar-refractivity contribution in [2.24, 2.45) is 0 Å². The number of para-hydroxylation sites is 1. The van der Waals surface area contributed by atoms with Gasteiger partial charge in [0.05, 0.1) is 36.7 Å². The van der Waals surface area contributed by atoms with Crippen LogP contribution < -0.4 is 0 Å². The Kier molecular flexibility index (Phi) is 5.34. The Balaban J connectivity index is 1.53. The number of hydrogen-bond donors (Lipinski definition) is 0. The zero-order valence-electron chi connectivity index (χ0n) is 17.9. The van der Waals surface area contributed by atoms with Crippen molar-refractivity contribution < 1.29 is 14.3 Å². The van der Waals surface area contributed by atoms with Gasteiger partial charge in [-0.2, -0.15) is 5.10 Å². The first-order chi connectivity index (χ1) is 15.1. The van der Waals surface area contributed by atoms with Crippen LogP contribution in [0.4, 0.5) is 0 Å². The fourth-order valence-electron chi connectivity index (χ4n) is 4.26. The molecule has 3 heterocycles. The molecule has 3 aromatic rings. The van der Waals surface area contributed by atoms with Crippen molar-refractivity contribution in [3.63, 3.8) is 0 Å². The summed E-state index contributed by atoms with van der Waals surface area (Å²) in [5.41, 5.74) is 4.45. The lowest BCUT2D eigenvalue weighted by Gasteiger charge is -2.41. The van der Waals surface area contributed by atoms with Crippen molar-refractivity contribution in [2.45, 2.75) is 32.0 Å². The van der Waals surface area contributed by atoms with Crippen LogP contribution >= 0.6 is 0 Å². The predicted molar refractivity (Wildman–Crippen MR) is 118 cm³/mol. The number of morpholine rings is 1. The number of carbonyl (C=O) groups is 1. The molecule has 0 saturated carbocycles. The molecule has 2 fully saturated rings. The van der Waals surface area contributed by atoms with Crippen molar-refractivity contribution >= 4 is 5.91 Å². The minimum atomic E-state index is -0.0607. The summed E-state index contributed by atoms with van der Waals surface area (Å²) in [5.74, 6) is 0.442. The molecule has 2 saturated heterocycles.